The number of fused-ring (bicyclic) bond motifs is 1. The largest absolute Gasteiger partial charge is 0.340 e. The molecule has 1 atom stereocenters. The molecule has 0 spiro atoms. The molecule has 1 aliphatic heterocycles. The van der Waals surface area contributed by atoms with E-state index in [1.165, 1.54) is 17.8 Å². The number of hydrogen-bond acceptors (Lipinski definition) is 3. The van der Waals surface area contributed by atoms with Gasteiger partial charge >= 0.3 is 0 Å². The van der Waals surface area contributed by atoms with Crippen LogP contribution in [-0.2, 0) is 11.3 Å². The van der Waals surface area contributed by atoms with E-state index >= 15 is 0 Å². The summed E-state index contributed by atoms with van der Waals surface area (Å²) in [4.78, 5) is 21.8. The lowest BCUT2D eigenvalue weighted by Gasteiger charge is -2.23. The van der Waals surface area contributed by atoms with Crippen LogP contribution in [0.15, 0.2) is 42.5 Å². The second-order valence-electron chi connectivity index (χ2n) is 5.56. The molecule has 1 fully saturated rings. The first-order chi connectivity index (χ1) is 11.6. The molecule has 1 N–H and O–H groups in total. The summed E-state index contributed by atoms with van der Waals surface area (Å²) in [5.41, 5.74) is 2.62. The van der Waals surface area contributed by atoms with Crippen molar-refractivity contribution in [3.8, 4) is 0 Å². The van der Waals surface area contributed by atoms with Crippen LogP contribution < -0.4 is 0 Å². The second-order valence-corrected chi connectivity index (χ2v) is 7.03. The van der Waals surface area contributed by atoms with Crippen molar-refractivity contribution >= 4 is 40.3 Å². The van der Waals surface area contributed by atoms with Crippen LogP contribution in [0.2, 0.25) is 5.02 Å². The van der Waals surface area contributed by atoms with Crippen molar-refractivity contribution in [3.63, 3.8) is 0 Å². The number of aromatic amines is 1. The number of rotatable bonds is 3. The van der Waals surface area contributed by atoms with Gasteiger partial charge < -0.3 is 9.88 Å². The van der Waals surface area contributed by atoms with Gasteiger partial charge in [-0.2, -0.15) is 0 Å². The Bertz CT molecular complexity index is 896. The van der Waals surface area contributed by atoms with E-state index in [1.807, 2.05) is 24.3 Å². The Morgan fingerprint density at radius 2 is 2.17 bits per heavy atom. The minimum Gasteiger partial charge on any atom is -0.340 e. The zero-order valence-electron chi connectivity index (χ0n) is 12.5. The molecule has 4 nitrogen and oxygen atoms in total. The van der Waals surface area contributed by atoms with Gasteiger partial charge in [0.15, 0.2) is 0 Å². The fourth-order valence-electron chi connectivity index (χ4n) is 2.81. The summed E-state index contributed by atoms with van der Waals surface area (Å²) in [6.07, 6.45) is 0. The van der Waals surface area contributed by atoms with Gasteiger partial charge in [0.1, 0.15) is 17.0 Å². The van der Waals surface area contributed by atoms with Crippen LogP contribution in [0.5, 0.6) is 0 Å². The number of carbonyl (C=O) groups is 1. The average molecular weight is 362 g/mol. The van der Waals surface area contributed by atoms with Crippen molar-refractivity contribution in [1.29, 1.82) is 0 Å². The Kier molecular flexibility index (Phi) is 3.94. The summed E-state index contributed by atoms with van der Waals surface area (Å²) in [5.74, 6) is 0.689. The number of para-hydroxylation sites is 2. The third kappa shape index (κ3) is 2.76. The topological polar surface area (TPSA) is 49.0 Å². The van der Waals surface area contributed by atoms with Crippen molar-refractivity contribution in [2.45, 2.75) is 11.9 Å². The monoisotopic (exact) mass is 361 g/mol. The highest BCUT2D eigenvalue weighted by molar-refractivity contribution is 8.00. The number of carbonyl (C=O) groups excluding carboxylic acids is 1. The first-order valence-corrected chi connectivity index (χ1v) is 8.84. The van der Waals surface area contributed by atoms with Crippen LogP contribution in [-0.4, -0.2) is 26.5 Å². The molecule has 122 valence electrons. The maximum absolute atomic E-state index is 13.4. The van der Waals surface area contributed by atoms with E-state index < -0.39 is 5.82 Å². The fraction of sp³-hybridized carbons (Fsp3) is 0.176. The van der Waals surface area contributed by atoms with Gasteiger partial charge in [0.05, 0.1) is 28.4 Å². The molecule has 24 heavy (non-hydrogen) atoms. The van der Waals surface area contributed by atoms with Crippen LogP contribution in [0.4, 0.5) is 4.39 Å². The third-order valence-corrected chi connectivity index (χ3v) is 5.50. The molecule has 0 bridgehead atoms. The molecule has 1 aliphatic rings. The van der Waals surface area contributed by atoms with E-state index in [0.717, 1.165) is 22.4 Å². The number of nitrogens with zero attached hydrogens (tertiary/aromatic N) is 2. The van der Waals surface area contributed by atoms with E-state index in [1.54, 1.807) is 17.0 Å². The van der Waals surface area contributed by atoms with Crippen molar-refractivity contribution in [1.82, 2.24) is 14.9 Å². The van der Waals surface area contributed by atoms with Gasteiger partial charge in [-0.05, 0) is 29.8 Å². The van der Waals surface area contributed by atoms with Crippen LogP contribution in [0.3, 0.4) is 0 Å². The molecule has 2 heterocycles. The summed E-state index contributed by atoms with van der Waals surface area (Å²) < 4.78 is 13.4. The first kappa shape index (κ1) is 15.5. The number of halogens is 2. The SMILES string of the molecule is O=C1CSC(c2ccc(F)c(Cl)c2)N1Cc1nc2ccccc2[nH]1. The van der Waals surface area contributed by atoms with Gasteiger partial charge in [-0.15, -0.1) is 11.8 Å². The molecule has 0 saturated carbocycles. The molecular weight excluding hydrogens is 349 g/mol. The number of thioether (sulfide) groups is 1. The Morgan fingerprint density at radius 3 is 2.96 bits per heavy atom. The number of imidazole rings is 1. The second kappa shape index (κ2) is 6.11. The number of amides is 1. The van der Waals surface area contributed by atoms with E-state index in [9.17, 15) is 9.18 Å². The quantitative estimate of drug-likeness (QED) is 0.763. The van der Waals surface area contributed by atoms with Gasteiger partial charge in [-0.25, -0.2) is 9.37 Å². The molecule has 1 amide bonds. The summed E-state index contributed by atoms with van der Waals surface area (Å²) in [5, 5.41) is -0.125. The molecular formula is C17H13ClFN3OS. The maximum Gasteiger partial charge on any atom is 0.234 e. The normalized spacial score (nSPS) is 17.8. The predicted octanol–water partition coefficient (Wildman–Crippen LogP) is 4.13. The molecule has 0 radical (unpaired) electrons. The van der Waals surface area contributed by atoms with Gasteiger partial charge in [-0.1, -0.05) is 29.8 Å². The number of hydrogen-bond donors (Lipinski definition) is 1. The lowest BCUT2D eigenvalue weighted by molar-refractivity contribution is -0.128. The van der Waals surface area contributed by atoms with Crippen LogP contribution in [0.25, 0.3) is 11.0 Å². The number of aromatic nitrogens is 2. The zero-order valence-corrected chi connectivity index (χ0v) is 14.1. The summed E-state index contributed by atoms with van der Waals surface area (Å²) in [6, 6.07) is 12.3. The Morgan fingerprint density at radius 1 is 1.33 bits per heavy atom. The number of benzene rings is 2. The van der Waals surface area contributed by atoms with Crippen molar-refractivity contribution in [2.24, 2.45) is 0 Å². The fourth-order valence-corrected chi connectivity index (χ4v) is 4.18. The Labute approximate surface area is 147 Å². The lowest BCUT2D eigenvalue weighted by Crippen LogP contribution is -2.28. The molecule has 1 unspecified atom stereocenters. The van der Waals surface area contributed by atoms with E-state index in [-0.39, 0.29) is 16.3 Å². The highest BCUT2D eigenvalue weighted by Gasteiger charge is 2.33. The summed E-state index contributed by atoms with van der Waals surface area (Å²) >= 11 is 7.39. The smallest absolute Gasteiger partial charge is 0.234 e. The van der Waals surface area contributed by atoms with Gasteiger partial charge in [-0.3, -0.25) is 4.79 Å². The molecule has 4 rings (SSSR count). The summed E-state index contributed by atoms with van der Waals surface area (Å²) in [7, 11) is 0. The molecule has 3 aromatic rings. The van der Waals surface area contributed by atoms with Gasteiger partial charge in [0.2, 0.25) is 5.91 Å². The van der Waals surface area contributed by atoms with Crippen molar-refractivity contribution < 1.29 is 9.18 Å². The number of H-pyrrole nitrogens is 1. The minimum atomic E-state index is -0.460. The van der Waals surface area contributed by atoms with Crippen LogP contribution in [0, 0.1) is 5.82 Å². The van der Waals surface area contributed by atoms with Crippen molar-refractivity contribution in [3.05, 3.63) is 64.7 Å². The minimum absolute atomic E-state index is 0.0332. The van der Waals surface area contributed by atoms with Crippen LogP contribution in [0.1, 0.15) is 16.8 Å². The molecule has 1 saturated heterocycles. The van der Waals surface area contributed by atoms with Crippen molar-refractivity contribution in [2.75, 3.05) is 5.75 Å². The average Bonchev–Trinajstić information content (AvgIpc) is 3.14. The van der Waals surface area contributed by atoms with Gasteiger partial charge in [0.25, 0.3) is 0 Å². The third-order valence-electron chi connectivity index (χ3n) is 3.96. The summed E-state index contributed by atoms with van der Waals surface area (Å²) in [6.45, 7) is 0.375. The predicted molar refractivity (Wildman–Crippen MR) is 93.3 cm³/mol. The molecule has 7 heteroatoms. The maximum atomic E-state index is 13.4. The van der Waals surface area contributed by atoms with E-state index in [4.69, 9.17) is 11.6 Å². The molecule has 0 aliphatic carbocycles. The Balaban J connectivity index is 1.63. The van der Waals surface area contributed by atoms with Gasteiger partial charge in [0, 0.05) is 0 Å². The Hall–Kier alpha value is -2.05. The number of nitrogens with one attached hydrogen (secondary N) is 1. The lowest BCUT2D eigenvalue weighted by atomic mass is 10.2. The highest BCUT2D eigenvalue weighted by atomic mass is 35.5. The zero-order chi connectivity index (χ0) is 16.7. The standard InChI is InChI=1S/C17H13ClFN3OS/c18-11-7-10(5-6-12(11)19)17-22(16(23)9-24-17)8-15-20-13-3-1-2-4-14(13)21-15/h1-7,17H,8-9H2,(H,20,21). The molecule has 1 aromatic heterocycles. The van der Waals surface area contributed by atoms with E-state index in [2.05, 4.69) is 9.97 Å². The van der Waals surface area contributed by atoms with E-state index in [0.29, 0.717) is 12.3 Å². The highest BCUT2D eigenvalue weighted by Crippen LogP contribution is 2.40. The molecule has 2 aromatic carbocycles. The first-order valence-electron chi connectivity index (χ1n) is 7.41. The van der Waals surface area contributed by atoms with Crippen LogP contribution >= 0.6 is 23.4 Å².